The molecule has 0 unspecified atom stereocenters. The summed E-state index contributed by atoms with van der Waals surface area (Å²) in [5.41, 5.74) is 1.31. The largest absolute Gasteiger partial charge is 0.236 e. The molecule has 1 heterocycles. The molecule has 0 spiro atoms. The molecule has 0 aliphatic carbocycles. The van der Waals surface area contributed by atoms with E-state index in [2.05, 4.69) is 4.98 Å². The van der Waals surface area contributed by atoms with Crippen LogP contribution in [0.5, 0.6) is 0 Å². The monoisotopic (exact) mass is 195 g/mol. The van der Waals surface area contributed by atoms with E-state index < -0.39 is 0 Å². The Balaban J connectivity index is 2.81. The van der Waals surface area contributed by atoms with Crippen LogP contribution in [-0.2, 0) is 0 Å². The van der Waals surface area contributed by atoms with Crippen molar-refractivity contribution in [2.45, 2.75) is 6.92 Å². The Bertz CT molecular complexity index is 468. The summed E-state index contributed by atoms with van der Waals surface area (Å²) < 4.78 is 13.1. The number of aryl methyl sites for hydroxylation is 1. The minimum absolute atomic E-state index is 0.211. The number of rotatable bonds is 0. The predicted octanol–water partition coefficient (Wildman–Crippen LogP) is 3.34. The summed E-state index contributed by atoms with van der Waals surface area (Å²) in [6.07, 6.45) is 0. The molecule has 1 nitrogen and oxygen atoms in total. The zero-order valence-corrected chi connectivity index (χ0v) is 7.77. The molecule has 66 valence electrons. The molecule has 2 aromatic rings. The Labute approximate surface area is 80.2 Å². The highest BCUT2D eigenvalue weighted by atomic mass is 35.5. The van der Waals surface area contributed by atoms with Gasteiger partial charge in [-0.05, 0) is 36.8 Å². The van der Waals surface area contributed by atoms with Gasteiger partial charge < -0.3 is 0 Å². The van der Waals surface area contributed by atoms with Gasteiger partial charge in [0, 0.05) is 5.39 Å². The van der Waals surface area contributed by atoms with Gasteiger partial charge in [0.05, 0.1) is 5.52 Å². The number of nitrogens with zero attached hydrogens (tertiary/aromatic N) is 1. The van der Waals surface area contributed by atoms with Crippen molar-refractivity contribution in [2.24, 2.45) is 0 Å². The lowest BCUT2D eigenvalue weighted by molar-refractivity contribution is 0.620. The van der Waals surface area contributed by atoms with Gasteiger partial charge in [-0.25, -0.2) is 9.37 Å². The molecule has 1 aromatic carbocycles. The second-order valence-electron chi connectivity index (χ2n) is 2.93. The molecule has 0 N–H and O–H groups in total. The minimum atomic E-state index is -0.211. The average molecular weight is 196 g/mol. The van der Waals surface area contributed by atoms with Gasteiger partial charge in [-0.1, -0.05) is 11.6 Å². The first-order valence-electron chi connectivity index (χ1n) is 3.89. The first kappa shape index (κ1) is 8.45. The van der Waals surface area contributed by atoms with Crippen molar-refractivity contribution in [3.8, 4) is 0 Å². The van der Waals surface area contributed by atoms with Crippen LogP contribution in [0.1, 0.15) is 5.56 Å². The van der Waals surface area contributed by atoms with E-state index in [1.54, 1.807) is 25.1 Å². The number of pyridine rings is 1. The van der Waals surface area contributed by atoms with Crippen molar-refractivity contribution in [2.75, 3.05) is 0 Å². The maximum Gasteiger partial charge on any atom is 0.129 e. The van der Waals surface area contributed by atoms with Crippen LogP contribution in [0.15, 0.2) is 24.3 Å². The van der Waals surface area contributed by atoms with E-state index in [9.17, 15) is 4.39 Å². The smallest absolute Gasteiger partial charge is 0.129 e. The van der Waals surface area contributed by atoms with Gasteiger partial charge >= 0.3 is 0 Å². The molecule has 0 bridgehead atoms. The van der Waals surface area contributed by atoms with Crippen molar-refractivity contribution >= 4 is 22.5 Å². The lowest BCUT2D eigenvalue weighted by atomic mass is 10.1. The highest BCUT2D eigenvalue weighted by molar-refractivity contribution is 6.29. The summed E-state index contributed by atoms with van der Waals surface area (Å²) in [5.74, 6) is -0.211. The maximum atomic E-state index is 13.1. The normalized spacial score (nSPS) is 10.7. The van der Waals surface area contributed by atoms with Crippen LogP contribution in [-0.4, -0.2) is 4.98 Å². The van der Waals surface area contributed by atoms with Crippen LogP contribution in [0.3, 0.4) is 0 Å². The number of hydrogen-bond donors (Lipinski definition) is 0. The Morgan fingerprint density at radius 2 is 2.08 bits per heavy atom. The van der Waals surface area contributed by atoms with Crippen LogP contribution in [0, 0.1) is 12.7 Å². The van der Waals surface area contributed by atoms with E-state index in [0.717, 1.165) is 10.9 Å². The summed E-state index contributed by atoms with van der Waals surface area (Å²) in [4.78, 5) is 4.08. The molecule has 0 atom stereocenters. The van der Waals surface area contributed by atoms with Crippen molar-refractivity contribution < 1.29 is 4.39 Å². The van der Waals surface area contributed by atoms with Crippen molar-refractivity contribution in [3.63, 3.8) is 0 Å². The standard InChI is InChI=1S/C10H7ClFN/c1-6-4-9-7(5-8(6)12)2-3-10(11)13-9/h2-5H,1H3. The van der Waals surface area contributed by atoms with Crippen molar-refractivity contribution in [1.82, 2.24) is 4.98 Å². The first-order valence-corrected chi connectivity index (χ1v) is 4.27. The Kier molecular flexibility index (Phi) is 1.93. The van der Waals surface area contributed by atoms with Gasteiger partial charge in [0.2, 0.25) is 0 Å². The fourth-order valence-electron chi connectivity index (χ4n) is 1.22. The number of aromatic nitrogens is 1. The zero-order valence-electron chi connectivity index (χ0n) is 7.01. The Morgan fingerprint density at radius 3 is 2.85 bits per heavy atom. The minimum Gasteiger partial charge on any atom is -0.236 e. The van der Waals surface area contributed by atoms with Gasteiger partial charge in [-0.3, -0.25) is 0 Å². The highest BCUT2D eigenvalue weighted by Gasteiger charge is 2.01. The number of halogens is 2. The van der Waals surface area contributed by atoms with E-state index in [1.807, 2.05) is 0 Å². The first-order chi connectivity index (χ1) is 6.16. The van der Waals surface area contributed by atoms with E-state index in [4.69, 9.17) is 11.6 Å². The van der Waals surface area contributed by atoms with Crippen LogP contribution in [0.25, 0.3) is 10.9 Å². The molecule has 3 heteroatoms. The van der Waals surface area contributed by atoms with Gasteiger partial charge in [-0.15, -0.1) is 0 Å². The molecule has 0 aliphatic heterocycles. The van der Waals surface area contributed by atoms with Gasteiger partial charge in [0.15, 0.2) is 0 Å². The van der Waals surface area contributed by atoms with Gasteiger partial charge in [0.25, 0.3) is 0 Å². The molecule has 2 rings (SSSR count). The fourth-order valence-corrected chi connectivity index (χ4v) is 1.38. The lowest BCUT2D eigenvalue weighted by Crippen LogP contribution is -1.85. The molecular weight excluding hydrogens is 189 g/mol. The van der Waals surface area contributed by atoms with E-state index in [0.29, 0.717) is 10.7 Å². The number of benzene rings is 1. The lowest BCUT2D eigenvalue weighted by Gasteiger charge is -2.00. The molecule has 0 fully saturated rings. The fraction of sp³-hybridized carbons (Fsp3) is 0.100. The van der Waals surface area contributed by atoms with Crippen LogP contribution in [0.2, 0.25) is 5.15 Å². The topological polar surface area (TPSA) is 12.9 Å². The van der Waals surface area contributed by atoms with E-state index in [1.165, 1.54) is 6.07 Å². The van der Waals surface area contributed by atoms with Gasteiger partial charge in [0.1, 0.15) is 11.0 Å². The molecular formula is C10H7ClFN. The molecule has 13 heavy (non-hydrogen) atoms. The second kappa shape index (κ2) is 2.96. The van der Waals surface area contributed by atoms with E-state index >= 15 is 0 Å². The third-order valence-electron chi connectivity index (χ3n) is 1.94. The maximum absolute atomic E-state index is 13.1. The van der Waals surface area contributed by atoms with Crippen molar-refractivity contribution in [3.05, 3.63) is 40.8 Å². The molecule has 0 radical (unpaired) electrons. The Hall–Kier alpha value is -1.15. The third kappa shape index (κ3) is 1.49. The summed E-state index contributed by atoms with van der Waals surface area (Å²) >= 11 is 5.71. The average Bonchev–Trinajstić information content (AvgIpc) is 2.08. The third-order valence-corrected chi connectivity index (χ3v) is 2.15. The molecule has 0 saturated carbocycles. The summed E-state index contributed by atoms with van der Waals surface area (Å²) in [6.45, 7) is 1.71. The van der Waals surface area contributed by atoms with Gasteiger partial charge in [-0.2, -0.15) is 0 Å². The SMILES string of the molecule is Cc1cc2nc(Cl)ccc2cc1F. The number of hydrogen-bond acceptors (Lipinski definition) is 1. The summed E-state index contributed by atoms with van der Waals surface area (Å²) in [6, 6.07) is 6.57. The Morgan fingerprint density at radius 1 is 1.31 bits per heavy atom. The summed E-state index contributed by atoms with van der Waals surface area (Å²) in [5, 5.41) is 1.20. The highest BCUT2D eigenvalue weighted by Crippen LogP contribution is 2.18. The predicted molar refractivity (Wildman–Crippen MR) is 51.4 cm³/mol. The number of fused-ring (bicyclic) bond motifs is 1. The van der Waals surface area contributed by atoms with Crippen LogP contribution >= 0.6 is 11.6 Å². The quantitative estimate of drug-likeness (QED) is 0.588. The second-order valence-corrected chi connectivity index (χ2v) is 3.32. The molecule has 0 amide bonds. The van der Waals surface area contributed by atoms with Crippen LogP contribution < -0.4 is 0 Å². The zero-order chi connectivity index (χ0) is 9.42. The molecule has 0 aliphatic rings. The molecule has 1 aromatic heterocycles. The summed E-state index contributed by atoms with van der Waals surface area (Å²) in [7, 11) is 0. The van der Waals surface area contributed by atoms with Crippen LogP contribution in [0.4, 0.5) is 4.39 Å². The molecule has 0 saturated heterocycles. The van der Waals surface area contributed by atoms with E-state index in [-0.39, 0.29) is 5.82 Å². The van der Waals surface area contributed by atoms with Crippen molar-refractivity contribution in [1.29, 1.82) is 0 Å².